The maximum absolute atomic E-state index is 13.8. The normalized spacial score (nSPS) is 11.6. The van der Waals surface area contributed by atoms with Gasteiger partial charge in [-0.3, -0.25) is 14.3 Å². The van der Waals surface area contributed by atoms with Crippen LogP contribution in [0.25, 0.3) is 21.3 Å². The van der Waals surface area contributed by atoms with E-state index in [9.17, 15) is 14.9 Å². The average molecular weight is 525 g/mol. The van der Waals surface area contributed by atoms with Crippen molar-refractivity contribution < 1.29 is 14.3 Å². The van der Waals surface area contributed by atoms with Gasteiger partial charge in [0.05, 0.1) is 17.7 Å². The molecule has 1 aromatic carbocycles. The summed E-state index contributed by atoms with van der Waals surface area (Å²) in [4.78, 5) is 33.5. The fourth-order valence-electron chi connectivity index (χ4n) is 3.91. The molecule has 2 heterocycles. The highest BCUT2D eigenvalue weighted by Gasteiger charge is 2.28. The topological polar surface area (TPSA) is 97.4 Å². The summed E-state index contributed by atoms with van der Waals surface area (Å²) in [7, 11) is 1.60. The molecule has 9 heteroatoms. The van der Waals surface area contributed by atoms with Crippen molar-refractivity contribution in [3.05, 3.63) is 39.1 Å². The third-order valence-electron chi connectivity index (χ3n) is 5.62. The zero-order valence-electron chi connectivity index (χ0n) is 23.0. The number of nitriles is 1. The van der Waals surface area contributed by atoms with Crippen molar-refractivity contribution in [2.45, 2.75) is 73.5 Å². The van der Waals surface area contributed by atoms with E-state index in [1.807, 2.05) is 26.0 Å². The summed E-state index contributed by atoms with van der Waals surface area (Å²) in [6, 6.07) is 7.66. The Labute approximate surface area is 222 Å². The number of aryl methyl sites for hydroxylation is 1. The molecule has 0 aliphatic rings. The molecule has 0 bridgehead atoms. The van der Waals surface area contributed by atoms with Gasteiger partial charge in [0.15, 0.2) is 11.6 Å². The van der Waals surface area contributed by atoms with Crippen LogP contribution in [0.2, 0.25) is 0 Å². The van der Waals surface area contributed by atoms with Crippen LogP contribution in [0.5, 0.6) is 5.75 Å². The molecule has 198 valence electrons. The van der Waals surface area contributed by atoms with Crippen molar-refractivity contribution in [3.63, 3.8) is 0 Å². The van der Waals surface area contributed by atoms with Crippen LogP contribution in [0, 0.1) is 24.2 Å². The molecule has 0 aliphatic carbocycles. The Morgan fingerprint density at radius 3 is 2.54 bits per heavy atom. The molecule has 0 fully saturated rings. The molecular formula is C28H36N4O4S. The van der Waals surface area contributed by atoms with E-state index in [1.165, 1.54) is 16.2 Å². The van der Waals surface area contributed by atoms with E-state index in [2.05, 4.69) is 18.0 Å². The third kappa shape index (κ3) is 6.31. The first-order valence-electron chi connectivity index (χ1n) is 12.6. The van der Waals surface area contributed by atoms with Crippen molar-refractivity contribution in [1.29, 1.82) is 5.26 Å². The zero-order valence-corrected chi connectivity index (χ0v) is 23.8. The average Bonchev–Trinajstić information content (AvgIpc) is 3.20. The molecule has 3 aromatic rings. The van der Waals surface area contributed by atoms with Gasteiger partial charge in [-0.1, -0.05) is 33.3 Å². The summed E-state index contributed by atoms with van der Waals surface area (Å²) in [6.45, 7) is 14.2. The van der Waals surface area contributed by atoms with Gasteiger partial charge in [0.1, 0.15) is 21.6 Å². The summed E-state index contributed by atoms with van der Waals surface area (Å²) in [6.07, 6.45) is 1.17. The number of thiazole rings is 1. The maximum atomic E-state index is 13.8. The molecule has 3 rings (SSSR count). The first kappa shape index (κ1) is 28.2. The van der Waals surface area contributed by atoms with Gasteiger partial charge in [-0.05, 0) is 52.2 Å². The van der Waals surface area contributed by atoms with Crippen molar-refractivity contribution in [3.8, 4) is 22.4 Å². The number of rotatable bonds is 8. The Balaban J connectivity index is 2.34. The van der Waals surface area contributed by atoms with Crippen LogP contribution in [0.1, 0.15) is 65.0 Å². The van der Waals surface area contributed by atoms with Gasteiger partial charge >= 0.3 is 6.09 Å². The quantitative estimate of drug-likeness (QED) is 0.312. The lowest BCUT2D eigenvalue weighted by Crippen LogP contribution is -2.38. The molecule has 0 saturated heterocycles. The first-order chi connectivity index (χ1) is 17.4. The van der Waals surface area contributed by atoms with E-state index < -0.39 is 11.7 Å². The summed E-state index contributed by atoms with van der Waals surface area (Å²) in [5, 5.41) is 11.2. The predicted octanol–water partition coefficient (Wildman–Crippen LogP) is 6.51. The molecule has 8 nitrogen and oxygen atoms in total. The number of carbonyl (C=O) groups excluding carboxylic acids is 1. The maximum Gasteiger partial charge on any atom is 0.415 e. The van der Waals surface area contributed by atoms with Crippen molar-refractivity contribution >= 4 is 34.0 Å². The molecule has 0 saturated carbocycles. The number of benzene rings is 1. The standard InChI is InChI=1S/C28H36N4O4S/c1-9-10-13-35-23-21-14-19(24-30-18(4)22(15-29)37-24)11-12-20(21)26(33)32(16-17(2)3)25(23)31(8)27(34)36-28(5,6)7/h11-12,14,17H,9-10,13,16H2,1-8H3. The number of aromatic nitrogens is 2. The summed E-state index contributed by atoms with van der Waals surface area (Å²) < 4.78 is 13.6. The minimum Gasteiger partial charge on any atom is -0.489 e. The smallest absolute Gasteiger partial charge is 0.415 e. The fourth-order valence-corrected chi connectivity index (χ4v) is 4.77. The number of nitrogens with zero attached hydrogens (tertiary/aromatic N) is 4. The molecule has 0 aliphatic heterocycles. The second kappa shape index (κ2) is 11.3. The Morgan fingerprint density at radius 1 is 1.27 bits per heavy atom. The van der Waals surface area contributed by atoms with Crippen molar-refractivity contribution in [2.75, 3.05) is 18.6 Å². The van der Waals surface area contributed by atoms with Gasteiger partial charge in [0.2, 0.25) is 0 Å². The van der Waals surface area contributed by atoms with E-state index in [0.717, 1.165) is 18.4 Å². The molecule has 37 heavy (non-hydrogen) atoms. The molecule has 0 unspecified atom stereocenters. The van der Waals surface area contributed by atoms with Crippen molar-refractivity contribution in [2.24, 2.45) is 5.92 Å². The van der Waals surface area contributed by atoms with Gasteiger partial charge in [-0.25, -0.2) is 9.78 Å². The van der Waals surface area contributed by atoms with E-state index in [0.29, 0.717) is 51.1 Å². The molecule has 0 radical (unpaired) electrons. The monoisotopic (exact) mass is 524 g/mol. The summed E-state index contributed by atoms with van der Waals surface area (Å²) in [5.74, 6) is 0.959. The molecule has 2 aromatic heterocycles. The lowest BCUT2D eigenvalue weighted by Gasteiger charge is -2.29. The highest BCUT2D eigenvalue weighted by Crippen LogP contribution is 2.38. The van der Waals surface area contributed by atoms with Gasteiger partial charge in [0, 0.05) is 24.5 Å². The number of carbonyl (C=O) groups is 1. The second-order valence-electron chi connectivity index (χ2n) is 10.5. The summed E-state index contributed by atoms with van der Waals surface area (Å²) in [5.41, 5.74) is 0.522. The van der Waals surface area contributed by atoms with E-state index >= 15 is 0 Å². The van der Waals surface area contributed by atoms with Crippen LogP contribution in [0.15, 0.2) is 23.0 Å². The molecule has 0 atom stereocenters. The number of anilines is 1. The van der Waals surface area contributed by atoms with E-state index in [-0.39, 0.29) is 11.5 Å². The molecule has 1 amide bonds. The van der Waals surface area contributed by atoms with E-state index in [4.69, 9.17) is 9.47 Å². The SMILES string of the molecule is CCCCOc1c(N(C)C(=O)OC(C)(C)C)n(CC(C)C)c(=O)c2ccc(-c3nc(C)c(C#N)s3)cc12. The molecule has 0 N–H and O–H groups in total. The molecular weight excluding hydrogens is 488 g/mol. The number of pyridine rings is 1. The van der Waals surface area contributed by atoms with Gasteiger partial charge in [-0.15, -0.1) is 11.3 Å². The highest BCUT2D eigenvalue weighted by atomic mass is 32.1. The van der Waals surface area contributed by atoms with Crippen LogP contribution in [-0.2, 0) is 11.3 Å². The predicted molar refractivity (Wildman–Crippen MR) is 149 cm³/mol. The largest absolute Gasteiger partial charge is 0.489 e. The minimum atomic E-state index is -0.705. The lowest BCUT2D eigenvalue weighted by molar-refractivity contribution is 0.0585. The lowest BCUT2D eigenvalue weighted by atomic mass is 10.1. The minimum absolute atomic E-state index is 0.145. The number of unbranched alkanes of at least 4 members (excludes halogenated alkanes) is 1. The highest BCUT2D eigenvalue weighted by molar-refractivity contribution is 7.15. The van der Waals surface area contributed by atoms with Crippen LogP contribution in [0.3, 0.4) is 0 Å². The van der Waals surface area contributed by atoms with Crippen LogP contribution in [0.4, 0.5) is 10.6 Å². The van der Waals surface area contributed by atoms with Crippen LogP contribution >= 0.6 is 11.3 Å². The van der Waals surface area contributed by atoms with Crippen LogP contribution in [-0.4, -0.2) is 34.9 Å². The Bertz CT molecular complexity index is 1390. The number of amides is 1. The Kier molecular flexibility index (Phi) is 8.64. The van der Waals surface area contributed by atoms with E-state index in [1.54, 1.807) is 45.4 Å². The number of hydrogen-bond donors (Lipinski definition) is 0. The van der Waals surface area contributed by atoms with Gasteiger partial charge in [0.25, 0.3) is 5.56 Å². The second-order valence-corrected chi connectivity index (χ2v) is 11.5. The number of hydrogen-bond acceptors (Lipinski definition) is 7. The Hall–Kier alpha value is -3.38. The van der Waals surface area contributed by atoms with Crippen LogP contribution < -0.4 is 15.2 Å². The Morgan fingerprint density at radius 2 is 1.97 bits per heavy atom. The van der Waals surface area contributed by atoms with Gasteiger partial charge < -0.3 is 9.47 Å². The fraction of sp³-hybridized carbons (Fsp3) is 0.500. The molecule has 0 spiro atoms. The zero-order chi connectivity index (χ0) is 27.5. The first-order valence-corrected chi connectivity index (χ1v) is 13.4. The van der Waals surface area contributed by atoms with Crippen molar-refractivity contribution in [1.82, 2.24) is 9.55 Å². The van der Waals surface area contributed by atoms with Gasteiger partial charge in [-0.2, -0.15) is 5.26 Å². The summed E-state index contributed by atoms with van der Waals surface area (Å²) >= 11 is 1.31. The number of fused-ring (bicyclic) bond motifs is 1. The third-order valence-corrected chi connectivity index (χ3v) is 6.73. The number of ether oxygens (including phenoxy) is 2.